The minimum atomic E-state index is 0.684. The fraction of sp³-hybridized carbons (Fsp3) is 0.125. The smallest absolute Gasteiger partial charge is 0.181 e. The van der Waals surface area contributed by atoms with Crippen LogP contribution in [0, 0.1) is 6.92 Å². The molecule has 1 heterocycles. The van der Waals surface area contributed by atoms with Crippen LogP contribution in [-0.4, -0.2) is 15.2 Å². The Morgan fingerprint density at radius 2 is 2.00 bits per heavy atom. The van der Waals surface area contributed by atoms with Gasteiger partial charge in [-0.3, -0.25) is 5.10 Å². The molecule has 0 unspecified atom stereocenters. The minimum Gasteiger partial charge on any atom is -0.398 e. The van der Waals surface area contributed by atoms with Crippen molar-refractivity contribution < 1.29 is 0 Å². The predicted octanol–water partition coefficient (Wildman–Crippen LogP) is 2.97. The summed E-state index contributed by atoms with van der Waals surface area (Å²) in [4.78, 5) is 4.34. The molecule has 3 rings (SSSR count). The number of aromatic amines is 1. The van der Waals surface area contributed by atoms with Crippen molar-refractivity contribution in [3.05, 3.63) is 59.9 Å². The van der Waals surface area contributed by atoms with E-state index in [1.807, 2.05) is 55.5 Å². The molecule has 0 bridgehead atoms. The van der Waals surface area contributed by atoms with Crippen LogP contribution in [0.1, 0.15) is 11.4 Å². The molecule has 0 atom stereocenters. The maximum atomic E-state index is 5.94. The highest BCUT2D eigenvalue weighted by Crippen LogP contribution is 2.20. The molecule has 4 N–H and O–H groups in total. The number of benzene rings is 2. The van der Waals surface area contributed by atoms with Crippen molar-refractivity contribution in [2.45, 2.75) is 13.5 Å². The number of anilines is 2. The highest BCUT2D eigenvalue weighted by atomic mass is 15.2. The van der Waals surface area contributed by atoms with Gasteiger partial charge < -0.3 is 11.1 Å². The number of nitrogens with zero attached hydrogens (tertiary/aromatic N) is 2. The molecule has 5 nitrogen and oxygen atoms in total. The molecular weight excluding hydrogens is 262 g/mol. The largest absolute Gasteiger partial charge is 0.398 e. The van der Waals surface area contributed by atoms with Gasteiger partial charge >= 0.3 is 0 Å². The summed E-state index contributed by atoms with van der Waals surface area (Å²) in [5.74, 6) is 1.51. The molecule has 1 aromatic heterocycles. The molecule has 0 aliphatic carbocycles. The van der Waals surface area contributed by atoms with E-state index in [-0.39, 0.29) is 0 Å². The molecule has 2 aromatic carbocycles. The lowest BCUT2D eigenvalue weighted by Crippen LogP contribution is -2.02. The molecule has 5 heteroatoms. The SMILES string of the molecule is Cc1nc(-c2cccc(NCc3ccccc3N)c2)n[nH]1. The molecule has 106 valence electrons. The monoisotopic (exact) mass is 279 g/mol. The molecule has 3 aromatic rings. The van der Waals surface area contributed by atoms with Gasteiger partial charge in [0, 0.05) is 23.5 Å². The van der Waals surface area contributed by atoms with E-state index in [1.165, 1.54) is 0 Å². The van der Waals surface area contributed by atoms with Crippen LogP contribution in [-0.2, 0) is 6.54 Å². The van der Waals surface area contributed by atoms with Crippen LogP contribution in [0.5, 0.6) is 0 Å². The first-order chi connectivity index (χ1) is 10.2. The van der Waals surface area contributed by atoms with Crippen molar-refractivity contribution in [2.75, 3.05) is 11.1 Å². The lowest BCUT2D eigenvalue weighted by Gasteiger charge is -2.09. The highest BCUT2D eigenvalue weighted by Gasteiger charge is 2.04. The first kappa shape index (κ1) is 13.2. The van der Waals surface area contributed by atoms with Crippen LogP contribution < -0.4 is 11.1 Å². The number of nitrogen functional groups attached to an aromatic ring is 1. The average Bonchev–Trinajstić information content (AvgIpc) is 2.93. The Balaban J connectivity index is 1.76. The molecule has 0 aliphatic rings. The molecule has 0 amide bonds. The number of aryl methyl sites for hydroxylation is 1. The van der Waals surface area contributed by atoms with Crippen LogP contribution in [0.4, 0.5) is 11.4 Å². The van der Waals surface area contributed by atoms with E-state index in [0.29, 0.717) is 12.4 Å². The standard InChI is InChI=1S/C16H17N5/c1-11-19-16(21-20-11)12-6-4-7-14(9-12)18-10-13-5-2-3-8-15(13)17/h2-9,18H,10,17H2,1H3,(H,19,20,21). The predicted molar refractivity (Wildman–Crippen MR) is 84.7 cm³/mol. The van der Waals surface area contributed by atoms with E-state index in [1.54, 1.807) is 0 Å². The van der Waals surface area contributed by atoms with Crippen LogP contribution >= 0.6 is 0 Å². The van der Waals surface area contributed by atoms with Gasteiger partial charge in [-0.2, -0.15) is 5.10 Å². The second kappa shape index (κ2) is 5.66. The maximum Gasteiger partial charge on any atom is 0.181 e. The third-order valence-corrected chi connectivity index (χ3v) is 3.26. The number of aromatic nitrogens is 3. The molecule has 0 saturated heterocycles. The number of para-hydroxylation sites is 1. The van der Waals surface area contributed by atoms with Crippen molar-refractivity contribution in [3.63, 3.8) is 0 Å². The van der Waals surface area contributed by atoms with E-state index in [0.717, 1.165) is 28.3 Å². The Hall–Kier alpha value is -2.82. The number of hydrogen-bond acceptors (Lipinski definition) is 4. The van der Waals surface area contributed by atoms with Gasteiger partial charge in [0.05, 0.1) is 0 Å². The normalized spacial score (nSPS) is 10.5. The van der Waals surface area contributed by atoms with E-state index in [4.69, 9.17) is 5.73 Å². The highest BCUT2D eigenvalue weighted by molar-refractivity contribution is 5.62. The first-order valence-corrected chi connectivity index (χ1v) is 6.79. The van der Waals surface area contributed by atoms with Gasteiger partial charge in [0.25, 0.3) is 0 Å². The van der Waals surface area contributed by atoms with E-state index in [9.17, 15) is 0 Å². The third-order valence-electron chi connectivity index (χ3n) is 3.26. The number of hydrogen-bond donors (Lipinski definition) is 3. The third kappa shape index (κ3) is 3.02. The zero-order valence-electron chi connectivity index (χ0n) is 11.8. The number of H-pyrrole nitrogens is 1. The van der Waals surface area contributed by atoms with Gasteiger partial charge in [-0.1, -0.05) is 30.3 Å². The van der Waals surface area contributed by atoms with Crippen molar-refractivity contribution >= 4 is 11.4 Å². The summed E-state index contributed by atoms with van der Waals surface area (Å²) in [5, 5.41) is 10.4. The molecular formula is C16H17N5. The van der Waals surface area contributed by atoms with Crippen LogP contribution in [0.2, 0.25) is 0 Å². The summed E-state index contributed by atoms with van der Waals surface area (Å²) in [7, 11) is 0. The summed E-state index contributed by atoms with van der Waals surface area (Å²) in [6.07, 6.45) is 0. The number of rotatable bonds is 4. The van der Waals surface area contributed by atoms with E-state index in [2.05, 4.69) is 20.5 Å². The van der Waals surface area contributed by atoms with Crippen LogP contribution in [0.15, 0.2) is 48.5 Å². The fourth-order valence-corrected chi connectivity index (χ4v) is 2.13. The minimum absolute atomic E-state index is 0.684. The second-order valence-corrected chi connectivity index (χ2v) is 4.88. The number of nitrogens with two attached hydrogens (primary N) is 1. The van der Waals surface area contributed by atoms with Gasteiger partial charge in [0.2, 0.25) is 0 Å². The quantitative estimate of drug-likeness (QED) is 0.641. The Morgan fingerprint density at radius 1 is 1.14 bits per heavy atom. The van der Waals surface area contributed by atoms with Crippen molar-refractivity contribution in [1.29, 1.82) is 0 Å². The Labute approximate surface area is 123 Å². The molecule has 21 heavy (non-hydrogen) atoms. The Morgan fingerprint density at radius 3 is 2.76 bits per heavy atom. The van der Waals surface area contributed by atoms with Crippen molar-refractivity contribution in [2.24, 2.45) is 0 Å². The first-order valence-electron chi connectivity index (χ1n) is 6.79. The summed E-state index contributed by atoms with van der Waals surface area (Å²) >= 11 is 0. The Bertz CT molecular complexity index is 748. The fourth-order valence-electron chi connectivity index (χ4n) is 2.13. The summed E-state index contributed by atoms with van der Waals surface area (Å²) in [6.45, 7) is 2.57. The summed E-state index contributed by atoms with van der Waals surface area (Å²) < 4.78 is 0. The number of nitrogens with one attached hydrogen (secondary N) is 2. The topological polar surface area (TPSA) is 79.6 Å². The maximum absolute atomic E-state index is 5.94. The Kier molecular flexibility index (Phi) is 3.55. The van der Waals surface area contributed by atoms with Crippen LogP contribution in [0.3, 0.4) is 0 Å². The van der Waals surface area contributed by atoms with Gasteiger partial charge in [-0.25, -0.2) is 4.98 Å². The molecule has 0 radical (unpaired) electrons. The molecule has 0 spiro atoms. The summed E-state index contributed by atoms with van der Waals surface area (Å²) in [5.41, 5.74) is 9.81. The van der Waals surface area contributed by atoms with Gasteiger partial charge in [-0.05, 0) is 30.7 Å². The summed E-state index contributed by atoms with van der Waals surface area (Å²) in [6, 6.07) is 15.9. The molecule has 0 aliphatic heterocycles. The molecule has 0 saturated carbocycles. The van der Waals surface area contributed by atoms with Gasteiger partial charge in [0.15, 0.2) is 5.82 Å². The van der Waals surface area contributed by atoms with Gasteiger partial charge in [0.1, 0.15) is 5.82 Å². The lowest BCUT2D eigenvalue weighted by atomic mass is 10.1. The second-order valence-electron chi connectivity index (χ2n) is 4.88. The molecule has 0 fully saturated rings. The van der Waals surface area contributed by atoms with E-state index >= 15 is 0 Å². The van der Waals surface area contributed by atoms with Gasteiger partial charge in [-0.15, -0.1) is 0 Å². The van der Waals surface area contributed by atoms with Crippen LogP contribution in [0.25, 0.3) is 11.4 Å². The zero-order valence-corrected chi connectivity index (χ0v) is 11.8. The van der Waals surface area contributed by atoms with E-state index < -0.39 is 0 Å². The lowest BCUT2D eigenvalue weighted by molar-refractivity contribution is 1.04. The van der Waals surface area contributed by atoms with Crippen molar-refractivity contribution in [1.82, 2.24) is 15.2 Å². The van der Waals surface area contributed by atoms with Crippen molar-refractivity contribution in [3.8, 4) is 11.4 Å². The average molecular weight is 279 g/mol. The zero-order chi connectivity index (χ0) is 14.7.